The van der Waals surface area contributed by atoms with Crippen molar-refractivity contribution in [1.82, 2.24) is 0 Å². The third-order valence-electron chi connectivity index (χ3n) is 2.95. The van der Waals surface area contributed by atoms with Crippen molar-refractivity contribution in [2.24, 2.45) is 0 Å². The summed E-state index contributed by atoms with van der Waals surface area (Å²) in [5.74, 6) is -0.144. The van der Waals surface area contributed by atoms with Crippen molar-refractivity contribution in [2.45, 2.75) is 59.0 Å². The summed E-state index contributed by atoms with van der Waals surface area (Å²) >= 11 is 1.77. The smallest absolute Gasteiger partial charge is 0.340 e. The van der Waals surface area contributed by atoms with Crippen LogP contribution in [0, 0.1) is 6.92 Å². The molecule has 3 heteroatoms. The van der Waals surface area contributed by atoms with Crippen LogP contribution in [-0.2, 0) is 17.6 Å². The van der Waals surface area contributed by atoms with E-state index in [9.17, 15) is 4.79 Å². The van der Waals surface area contributed by atoms with Crippen LogP contribution in [0.4, 0.5) is 0 Å². The third-order valence-corrected chi connectivity index (χ3v) is 4.16. The molecule has 0 aliphatic heterocycles. The number of fused-ring (bicyclic) bond motifs is 1. The van der Waals surface area contributed by atoms with Crippen molar-refractivity contribution < 1.29 is 9.53 Å². The van der Waals surface area contributed by atoms with Gasteiger partial charge >= 0.3 is 5.97 Å². The molecule has 0 radical (unpaired) electrons. The van der Waals surface area contributed by atoms with Crippen LogP contribution in [0.1, 0.15) is 59.3 Å². The zero-order valence-electron chi connectivity index (χ0n) is 11.1. The van der Waals surface area contributed by atoms with Gasteiger partial charge in [-0.25, -0.2) is 4.79 Å². The number of carbonyl (C=O) groups excluding carboxylic acids is 1. The van der Waals surface area contributed by atoms with Crippen molar-refractivity contribution in [2.75, 3.05) is 0 Å². The van der Waals surface area contributed by atoms with Crippen LogP contribution in [0.3, 0.4) is 0 Å². The van der Waals surface area contributed by atoms with Gasteiger partial charge in [-0.05, 0) is 58.9 Å². The Balaban J connectivity index is 2.32. The second-order valence-electron chi connectivity index (χ2n) is 5.64. The van der Waals surface area contributed by atoms with Crippen LogP contribution >= 0.6 is 11.3 Å². The van der Waals surface area contributed by atoms with Crippen molar-refractivity contribution >= 4 is 17.3 Å². The predicted molar refractivity (Wildman–Crippen MR) is 70.9 cm³/mol. The lowest BCUT2D eigenvalue weighted by Crippen LogP contribution is -2.24. The van der Waals surface area contributed by atoms with Gasteiger partial charge in [-0.1, -0.05) is 0 Å². The van der Waals surface area contributed by atoms with E-state index >= 15 is 0 Å². The van der Waals surface area contributed by atoms with E-state index in [1.807, 2.05) is 27.7 Å². The van der Waals surface area contributed by atoms with E-state index in [2.05, 4.69) is 0 Å². The maximum Gasteiger partial charge on any atom is 0.340 e. The van der Waals surface area contributed by atoms with Crippen LogP contribution in [-0.4, -0.2) is 11.6 Å². The number of ether oxygens (including phenoxy) is 1. The standard InChI is InChI=1S/C14H20O2S/c1-9-12(13(15)16-14(2,3)4)10-7-5-6-8-11(10)17-9/h5-8H2,1-4H3. The van der Waals surface area contributed by atoms with E-state index < -0.39 is 5.60 Å². The van der Waals surface area contributed by atoms with Gasteiger partial charge in [0, 0.05) is 9.75 Å². The molecular formula is C14H20O2S. The lowest BCUT2D eigenvalue weighted by Gasteiger charge is -2.20. The minimum Gasteiger partial charge on any atom is -0.456 e. The van der Waals surface area contributed by atoms with Gasteiger partial charge < -0.3 is 4.74 Å². The molecule has 1 aliphatic rings. The fraction of sp³-hybridized carbons (Fsp3) is 0.643. The van der Waals surface area contributed by atoms with E-state index in [0.29, 0.717) is 0 Å². The number of aryl methyl sites for hydroxylation is 2. The van der Waals surface area contributed by atoms with Crippen molar-refractivity contribution in [3.63, 3.8) is 0 Å². The Labute approximate surface area is 107 Å². The summed E-state index contributed by atoms with van der Waals surface area (Å²) < 4.78 is 5.50. The molecule has 0 aromatic carbocycles. The zero-order valence-corrected chi connectivity index (χ0v) is 11.9. The maximum absolute atomic E-state index is 12.2. The molecule has 0 unspecified atom stereocenters. The molecule has 17 heavy (non-hydrogen) atoms. The minimum atomic E-state index is -0.410. The van der Waals surface area contributed by atoms with E-state index in [4.69, 9.17) is 4.74 Å². The lowest BCUT2D eigenvalue weighted by atomic mass is 9.95. The van der Waals surface area contributed by atoms with E-state index in [1.165, 1.54) is 23.3 Å². The summed E-state index contributed by atoms with van der Waals surface area (Å²) in [7, 11) is 0. The molecular weight excluding hydrogens is 232 g/mol. The molecule has 0 fully saturated rings. The van der Waals surface area contributed by atoms with Gasteiger partial charge in [0.2, 0.25) is 0 Å². The summed E-state index contributed by atoms with van der Waals surface area (Å²) in [4.78, 5) is 14.7. The molecule has 1 aliphatic carbocycles. The molecule has 1 aromatic rings. The Bertz CT molecular complexity index is 438. The number of esters is 1. The lowest BCUT2D eigenvalue weighted by molar-refractivity contribution is 0.00681. The van der Waals surface area contributed by atoms with E-state index in [-0.39, 0.29) is 5.97 Å². The fourth-order valence-corrected chi connectivity index (χ4v) is 3.55. The zero-order chi connectivity index (χ0) is 12.6. The molecule has 1 aromatic heterocycles. The van der Waals surface area contributed by atoms with Crippen LogP contribution in [0.2, 0.25) is 0 Å². The second-order valence-corrected chi connectivity index (χ2v) is 6.95. The highest BCUT2D eigenvalue weighted by molar-refractivity contribution is 7.12. The van der Waals surface area contributed by atoms with Gasteiger partial charge in [-0.15, -0.1) is 11.3 Å². The number of thiophene rings is 1. The highest BCUT2D eigenvalue weighted by atomic mass is 32.1. The summed E-state index contributed by atoms with van der Waals surface area (Å²) in [5, 5.41) is 0. The first kappa shape index (κ1) is 12.6. The summed E-state index contributed by atoms with van der Waals surface area (Å²) in [6.07, 6.45) is 4.61. The molecule has 2 nitrogen and oxygen atoms in total. The van der Waals surface area contributed by atoms with Gasteiger partial charge in [-0.3, -0.25) is 0 Å². The fourth-order valence-electron chi connectivity index (χ4n) is 2.30. The number of hydrogen-bond donors (Lipinski definition) is 0. The molecule has 2 rings (SSSR count). The second kappa shape index (κ2) is 4.45. The third kappa shape index (κ3) is 2.71. The average Bonchev–Trinajstić information content (AvgIpc) is 2.50. The Kier molecular flexibility index (Phi) is 3.30. The van der Waals surface area contributed by atoms with Gasteiger partial charge in [0.05, 0.1) is 5.56 Å². The Morgan fingerprint density at radius 2 is 1.88 bits per heavy atom. The van der Waals surface area contributed by atoms with Crippen LogP contribution < -0.4 is 0 Å². The molecule has 0 spiro atoms. The van der Waals surface area contributed by atoms with Crippen molar-refractivity contribution in [3.8, 4) is 0 Å². The van der Waals surface area contributed by atoms with Crippen LogP contribution in [0.25, 0.3) is 0 Å². The van der Waals surface area contributed by atoms with Gasteiger partial charge in [0.1, 0.15) is 5.60 Å². The molecule has 0 N–H and O–H groups in total. The van der Waals surface area contributed by atoms with Crippen LogP contribution in [0.15, 0.2) is 0 Å². The summed E-state index contributed by atoms with van der Waals surface area (Å²) in [6, 6.07) is 0. The van der Waals surface area contributed by atoms with Gasteiger partial charge in [-0.2, -0.15) is 0 Å². The topological polar surface area (TPSA) is 26.3 Å². The number of rotatable bonds is 1. The quantitative estimate of drug-likeness (QED) is 0.709. The highest BCUT2D eigenvalue weighted by Gasteiger charge is 2.27. The van der Waals surface area contributed by atoms with E-state index in [1.54, 1.807) is 11.3 Å². The minimum absolute atomic E-state index is 0.144. The van der Waals surface area contributed by atoms with Gasteiger partial charge in [0.25, 0.3) is 0 Å². The number of hydrogen-bond acceptors (Lipinski definition) is 3. The molecule has 1 heterocycles. The Morgan fingerprint density at radius 3 is 2.53 bits per heavy atom. The maximum atomic E-state index is 12.2. The summed E-state index contributed by atoms with van der Waals surface area (Å²) in [5.41, 5.74) is 1.69. The molecule has 0 saturated carbocycles. The monoisotopic (exact) mass is 252 g/mol. The largest absolute Gasteiger partial charge is 0.456 e. The first-order chi connectivity index (χ1) is 7.88. The highest BCUT2D eigenvalue weighted by Crippen LogP contribution is 2.34. The molecule has 94 valence electrons. The Morgan fingerprint density at radius 1 is 1.24 bits per heavy atom. The SMILES string of the molecule is Cc1sc2c(c1C(=O)OC(C)(C)C)CCCC2. The first-order valence-electron chi connectivity index (χ1n) is 6.23. The molecule has 0 atom stereocenters. The van der Waals surface area contributed by atoms with Gasteiger partial charge in [0.15, 0.2) is 0 Å². The molecule has 0 amide bonds. The summed E-state index contributed by atoms with van der Waals surface area (Å²) in [6.45, 7) is 7.78. The van der Waals surface area contributed by atoms with Crippen LogP contribution in [0.5, 0.6) is 0 Å². The predicted octanol–water partition coefficient (Wildman–Crippen LogP) is 3.89. The number of carbonyl (C=O) groups is 1. The normalized spacial score (nSPS) is 15.5. The average molecular weight is 252 g/mol. The Hall–Kier alpha value is -0.830. The van der Waals surface area contributed by atoms with Crippen molar-refractivity contribution in [1.29, 1.82) is 0 Å². The van der Waals surface area contributed by atoms with Crippen molar-refractivity contribution in [3.05, 3.63) is 20.9 Å². The van der Waals surface area contributed by atoms with E-state index in [0.717, 1.165) is 23.3 Å². The molecule has 0 saturated heterocycles. The molecule has 0 bridgehead atoms. The first-order valence-corrected chi connectivity index (χ1v) is 7.04.